The first-order valence-electron chi connectivity index (χ1n) is 6.40. The van der Waals surface area contributed by atoms with Gasteiger partial charge in [0.25, 0.3) is 0 Å². The highest BCUT2D eigenvalue weighted by Gasteiger charge is 2.07. The van der Waals surface area contributed by atoms with E-state index < -0.39 is 5.97 Å². The van der Waals surface area contributed by atoms with E-state index in [1.807, 2.05) is 0 Å². The molecule has 112 valence electrons. The third-order valence-corrected chi connectivity index (χ3v) is 2.62. The van der Waals surface area contributed by atoms with Crippen LogP contribution in [0.15, 0.2) is 12.1 Å². The Morgan fingerprint density at radius 3 is 2.75 bits per heavy atom. The molecule has 3 N–H and O–H groups in total. The Balaban J connectivity index is 2.16. The highest BCUT2D eigenvalue weighted by atomic mass is 16.5. The SMILES string of the molecule is COCCNC(=O)CCNCc1ccc(C(=O)OC)[nH]1. The molecule has 7 heteroatoms. The van der Waals surface area contributed by atoms with Crippen molar-refractivity contribution in [3.05, 3.63) is 23.5 Å². The summed E-state index contributed by atoms with van der Waals surface area (Å²) in [6.45, 7) is 2.15. The van der Waals surface area contributed by atoms with E-state index in [4.69, 9.17) is 4.74 Å². The normalized spacial score (nSPS) is 10.3. The number of hydrogen-bond acceptors (Lipinski definition) is 5. The fourth-order valence-electron chi connectivity index (χ4n) is 1.58. The molecule has 0 unspecified atom stereocenters. The molecule has 0 saturated carbocycles. The topological polar surface area (TPSA) is 92.5 Å². The minimum absolute atomic E-state index is 0.0173. The fraction of sp³-hybridized carbons (Fsp3) is 0.538. The van der Waals surface area contributed by atoms with E-state index in [2.05, 4.69) is 20.4 Å². The van der Waals surface area contributed by atoms with E-state index >= 15 is 0 Å². The average Bonchev–Trinajstić information content (AvgIpc) is 2.92. The van der Waals surface area contributed by atoms with Gasteiger partial charge in [0.05, 0.1) is 13.7 Å². The zero-order chi connectivity index (χ0) is 14.8. The number of aromatic amines is 1. The summed E-state index contributed by atoms with van der Waals surface area (Å²) < 4.78 is 9.43. The largest absolute Gasteiger partial charge is 0.464 e. The van der Waals surface area contributed by atoms with E-state index in [1.54, 1.807) is 19.2 Å². The molecule has 0 fully saturated rings. The molecule has 1 rings (SSSR count). The van der Waals surface area contributed by atoms with Gasteiger partial charge in [-0.05, 0) is 12.1 Å². The number of H-pyrrole nitrogens is 1. The van der Waals surface area contributed by atoms with Crippen molar-refractivity contribution in [3.63, 3.8) is 0 Å². The number of hydrogen-bond donors (Lipinski definition) is 3. The first kappa shape index (κ1) is 16.2. The Hall–Kier alpha value is -1.86. The van der Waals surface area contributed by atoms with Crippen molar-refractivity contribution in [1.82, 2.24) is 15.6 Å². The van der Waals surface area contributed by atoms with Gasteiger partial charge < -0.3 is 25.1 Å². The van der Waals surface area contributed by atoms with Gasteiger partial charge in [-0.3, -0.25) is 4.79 Å². The number of carbonyl (C=O) groups is 2. The van der Waals surface area contributed by atoms with Gasteiger partial charge in [-0.15, -0.1) is 0 Å². The third kappa shape index (κ3) is 5.85. The van der Waals surface area contributed by atoms with Crippen molar-refractivity contribution in [3.8, 4) is 0 Å². The Morgan fingerprint density at radius 2 is 2.05 bits per heavy atom. The molecule has 0 aliphatic heterocycles. The lowest BCUT2D eigenvalue weighted by Gasteiger charge is -2.05. The van der Waals surface area contributed by atoms with E-state index in [0.29, 0.717) is 38.4 Å². The van der Waals surface area contributed by atoms with Crippen LogP contribution in [0.3, 0.4) is 0 Å². The molecule has 0 atom stereocenters. The summed E-state index contributed by atoms with van der Waals surface area (Å²) in [6.07, 6.45) is 0.397. The van der Waals surface area contributed by atoms with Crippen LogP contribution in [0, 0.1) is 0 Å². The Bertz CT molecular complexity index is 431. The lowest BCUT2D eigenvalue weighted by molar-refractivity contribution is -0.121. The summed E-state index contributed by atoms with van der Waals surface area (Å²) in [4.78, 5) is 25.6. The van der Waals surface area contributed by atoms with Crippen molar-refractivity contribution in [2.24, 2.45) is 0 Å². The second-order valence-electron chi connectivity index (χ2n) is 4.16. The van der Waals surface area contributed by atoms with Crippen LogP contribution >= 0.6 is 0 Å². The number of ether oxygens (including phenoxy) is 2. The quantitative estimate of drug-likeness (QED) is 0.440. The van der Waals surface area contributed by atoms with Crippen LogP contribution < -0.4 is 10.6 Å². The molecule has 0 radical (unpaired) electrons. The maximum Gasteiger partial charge on any atom is 0.354 e. The van der Waals surface area contributed by atoms with Gasteiger partial charge in [-0.25, -0.2) is 4.79 Å². The molecule has 1 amide bonds. The van der Waals surface area contributed by atoms with E-state index in [9.17, 15) is 9.59 Å². The second-order valence-corrected chi connectivity index (χ2v) is 4.16. The Labute approximate surface area is 118 Å². The molecule has 1 aromatic rings. The minimum atomic E-state index is -0.395. The molecule has 0 aliphatic rings. The van der Waals surface area contributed by atoms with Crippen LogP contribution in [0.4, 0.5) is 0 Å². The predicted octanol–water partition coefficient (Wildman–Crippen LogP) is 0.0436. The van der Waals surface area contributed by atoms with Gasteiger partial charge in [-0.1, -0.05) is 0 Å². The molecule has 0 aromatic carbocycles. The Morgan fingerprint density at radius 1 is 1.25 bits per heavy atom. The van der Waals surface area contributed by atoms with Crippen molar-refractivity contribution >= 4 is 11.9 Å². The van der Waals surface area contributed by atoms with E-state index in [-0.39, 0.29) is 5.91 Å². The van der Waals surface area contributed by atoms with Gasteiger partial charge in [0, 0.05) is 38.9 Å². The number of carbonyl (C=O) groups excluding carboxylic acids is 2. The monoisotopic (exact) mass is 283 g/mol. The summed E-state index contributed by atoms with van der Waals surface area (Å²) >= 11 is 0. The van der Waals surface area contributed by atoms with Crippen molar-refractivity contribution in [2.45, 2.75) is 13.0 Å². The van der Waals surface area contributed by atoms with E-state index in [0.717, 1.165) is 5.69 Å². The molecular weight excluding hydrogens is 262 g/mol. The summed E-state index contributed by atoms with van der Waals surface area (Å²) in [5.41, 5.74) is 1.28. The zero-order valence-electron chi connectivity index (χ0n) is 11.8. The smallest absolute Gasteiger partial charge is 0.354 e. The highest BCUT2D eigenvalue weighted by Crippen LogP contribution is 2.02. The molecule has 20 heavy (non-hydrogen) atoms. The Kier molecular flexibility index (Phi) is 7.38. The maximum atomic E-state index is 11.4. The average molecular weight is 283 g/mol. The lowest BCUT2D eigenvalue weighted by atomic mass is 10.3. The van der Waals surface area contributed by atoms with Crippen LogP contribution in [0.2, 0.25) is 0 Å². The van der Waals surface area contributed by atoms with Gasteiger partial charge in [0.1, 0.15) is 5.69 Å². The van der Waals surface area contributed by atoms with Crippen LogP contribution in [0.5, 0.6) is 0 Å². The standard InChI is InChI=1S/C13H21N3O4/c1-19-8-7-15-12(17)5-6-14-9-10-3-4-11(16-10)13(18)20-2/h3-4,14,16H,5-9H2,1-2H3,(H,15,17). The number of methoxy groups -OCH3 is 2. The van der Waals surface area contributed by atoms with Crippen LogP contribution in [0.1, 0.15) is 22.6 Å². The summed E-state index contributed by atoms with van der Waals surface area (Å²) in [6, 6.07) is 3.47. The number of amides is 1. The molecule has 0 spiro atoms. The highest BCUT2D eigenvalue weighted by molar-refractivity contribution is 5.87. The first-order valence-corrected chi connectivity index (χ1v) is 6.40. The summed E-state index contributed by atoms with van der Waals surface area (Å²) in [5.74, 6) is -0.412. The lowest BCUT2D eigenvalue weighted by Crippen LogP contribution is -2.30. The zero-order valence-corrected chi connectivity index (χ0v) is 11.8. The van der Waals surface area contributed by atoms with Crippen molar-refractivity contribution in [2.75, 3.05) is 33.9 Å². The predicted molar refractivity (Wildman–Crippen MR) is 73.3 cm³/mol. The second kappa shape index (κ2) is 9.11. The molecule has 1 aromatic heterocycles. The van der Waals surface area contributed by atoms with Crippen LogP contribution in [0.25, 0.3) is 0 Å². The molecular formula is C13H21N3O4. The number of esters is 1. The van der Waals surface area contributed by atoms with Gasteiger partial charge >= 0.3 is 5.97 Å². The van der Waals surface area contributed by atoms with Crippen molar-refractivity contribution in [1.29, 1.82) is 0 Å². The minimum Gasteiger partial charge on any atom is -0.464 e. The maximum absolute atomic E-state index is 11.4. The summed E-state index contributed by atoms with van der Waals surface area (Å²) in [5, 5.41) is 5.85. The molecule has 0 bridgehead atoms. The molecule has 0 aliphatic carbocycles. The van der Waals surface area contributed by atoms with Crippen LogP contribution in [-0.4, -0.2) is 50.8 Å². The van der Waals surface area contributed by atoms with Crippen LogP contribution in [-0.2, 0) is 20.8 Å². The molecule has 7 nitrogen and oxygen atoms in total. The fourth-order valence-corrected chi connectivity index (χ4v) is 1.58. The number of nitrogens with one attached hydrogen (secondary N) is 3. The van der Waals surface area contributed by atoms with Gasteiger partial charge in [-0.2, -0.15) is 0 Å². The third-order valence-electron chi connectivity index (χ3n) is 2.62. The van der Waals surface area contributed by atoms with Gasteiger partial charge in [0.15, 0.2) is 0 Å². The number of aromatic nitrogens is 1. The molecule has 0 saturated heterocycles. The molecule has 1 heterocycles. The van der Waals surface area contributed by atoms with E-state index in [1.165, 1.54) is 7.11 Å². The number of rotatable bonds is 9. The van der Waals surface area contributed by atoms with Gasteiger partial charge in [0.2, 0.25) is 5.91 Å². The summed E-state index contributed by atoms with van der Waals surface area (Å²) in [7, 11) is 2.93. The first-order chi connectivity index (χ1) is 9.67. The van der Waals surface area contributed by atoms with Crippen molar-refractivity contribution < 1.29 is 19.1 Å².